The largest absolute Gasteiger partial charge is 0.381 e. The lowest BCUT2D eigenvalue weighted by Gasteiger charge is -2.43. The second-order valence-electron chi connectivity index (χ2n) is 5.96. The van der Waals surface area contributed by atoms with Gasteiger partial charge in [-0.25, -0.2) is 0 Å². The topological polar surface area (TPSA) is 47.6 Å². The molecule has 1 spiro atoms. The first-order valence-corrected chi connectivity index (χ1v) is 7.63. The molecule has 0 saturated carbocycles. The lowest BCUT2D eigenvalue weighted by molar-refractivity contribution is -0.157. The van der Waals surface area contributed by atoms with Crippen LogP contribution >= 0.6 is 0 Å². The maximum absolute atomic E-state index is 12.4. The van der Waals surface area contributed by atoms with Gasteiger partial charge in [-0.05, 0) is 39.2 Å². The average Bonchev–Trinajstić information content (AvgIpc) is 2.40. The first kappa shape index (κ1) is 14.9. The van der Waals surface area contributed by atoms with Crippen LogP contribution in [0.1, 0.15) is 46.0 Å². The zero-order valence-electron chi connectivity index (χ0n) is 12.2. The minimum atomic E-state index is -0.0712. The molecule has 2 atom stereocenters. The Morgan fingerprint density at radius 3 is 2.79 bits per heavy atom. The third-order valence-electron chi connectivity index (χ3n) is 4.41. The average molecular weight is 269 g/mol. The highest BCUT2D eigenvalue weighted by molar-refractivity contribution is 5.81. The highest BCUT2D eigenvalue weighted by atomic mass is 16.5. The molecule has 110 valence electrons. The molecule has 0 aromatic heterocycles. The summed E-state index contributed by atoms with van der Waals surface area (Å²) in [6.45, 7) is 7.36. The van der Waals surface area contributed by atoms with Crippen LogP contribution in [0.5, 0.6) is 0 Å². The predicted octanol–water partition coefficient (Wildman–Crippen LogP) is 1.92. The van der Waals surface area contributed by atoms with E-state index in [1.54, 1.807) is 0 Å². The predicted molar refractivity (Wildman–Crippen MR) is 74.2 cm³/mol. The van der Waals surface area contributed by atoms with Crippen molar-refractivity contribution in [2.75, 3.05) is 26.4 Å². The number of hydrogen-bond acceptors (Lipinski definition) is 4. The summed E-state index contributed by atoms with van der Waals surface area (Å²) >= 11 is 0. The smallest absolute Gasteiger partial charge is 0.137 e. The summed E-state index contributed by atoms with van der Waals surface area (Å²) in [7, 11) is 0. The van der Waals surface area contributed by atoms with Crippen molar-refractivity contribution in [1.82, 2.24) is 5.32 Å². The number of hydrogen-bond donors (Lipinski definition) is 1. The fourth-order valence-electron chi connectivity index (χ4n) is 3.28. The maximum atomic E-state index is 12.4. The summed E-state index contributed by atoms with van der Waals surface area (Å²) in [5.41, 5.74) is -0.0712. The maximum Gasteiger partial charge on any atom is 0.137 e. The Hall–Kier alpha value is -0.450. The summed E-state index contributed by atoms with van der Waals surface area (Å²) < 4.78 is 11.4. The van der Waals surface area contributed by atoms with Crippen molar-refractivity contribution in [3.63, 3.8) is 0 Å². The summed E-state index contributed by atoms with van der Waals surface area (Å²) in [4.78, 5) is 12.4. The van der Waals surface area contributed by atoms with Crippen LogP contribution in [0.3, 0.4) is 0 Å². The molecule has 2 rings (SSSR count). The number of ether oxygens (including phenoxy) is 2. The van der Waals surface area contributed by atoms with Gasteiger partial charge in [-0.2, -0.15) is 0 Å². The van der Waals surface area contributed by atoms with E-state index in [4.69, 9.17) is 9.47 Å². The third kappa shape index (κ3) is 4.01. The zero-order chi connectivity index (χ0) is 13.7. The number of rotatable bonds is 5. The number of Topliss-reactive ketones (excluding diaryl/α,β-unsaturated/α-hetero) is 1. The van der Waals surface area contributed by atoms with Gasteiger partial charge in [0.15, 0.2) is 0 Å². The Kier molecular flexibility index (Phi) is 5.37. The van der Waals surface area contributed by atoms with Gasteiger partial charge in [-0.1, -0.05) is 6.92 Å². The van der Waals surface area contributed by atoms with E-state index in [0.29, 0.717) is 12.2 Å². The van der Waals surface area contributed by atoms with E-state index in [0.717, 1.165) is 52.0 Å². The Morgan fingerprint density at radius 2 is 2.11 bits per heavy atom. The molecule has 4 heteroatoms. The first-order valence-electron chi connectivity index (χ1n) is 7.63. The van der Waals surface area contributed by atoms with E-state index in [-0.39, 0.29) is 17.6 Å². The number of nitrogens with one attached hydrogen (secondary N) is 1. The molecule has 2 fully saturated rings. The van der Waals surface area contributed by atoms with Crippen molar-refractivity contribution in [3.05, 3.63) is 0 Å². The van der Waals surface area contributed by atoms with Gasteiger partial charge in [0.1, 0.15) is 5.78 Å². The lowest BCUT2D eigenvalue weighted by atomic mass is 9.78. The lowest BCUT2D eigenvalue weighted by Crippen LogP contribution is -2.46. The highest BCUT2D eigenvalue weighted by Crippen LogP contribution is 2.37. The summed E-state index contributed by atoms with van der Waals surface area (Å²) in [5.74, 6) is 0.593. The van der Waals surface area contributed by atoms with E-state index in [1.807, 2.05) is 0 Å². The van der Waals surface area contributed by atoms with E-state index >= 15 is 0 Å². The molecule has 0 radical (unpaired) electrons. The molecule has 0 aromatic carbocycles. The van der Waals surface area contributed by atoms with Gasteiger partial charge in [0.25, 0.3) is 0 Å². The van der Waals surface area contributed by atoms with Gasteiger partial charge in [0, 0.05) is 38.2 Å². The molecular formula is C15H27NO3. The third-order valence-corrected chi connectivity index (χ3v) is 4.41. The second kappa shape index (κ2) is 6.82. The fraction of sp³-hybridized carbons (Fsp3) is 0.933. The first-order chi connectivity index (χ1) is 9.15. The van der Waals surface area contributed by atoms with Crippen LogP contribution in [0, 0.1) is 5.92 Å². The molecule has 2 unspecified atom stereocenters. The quantitative estimate of drug-likeness (QED) is 0.828. The van der Waals surface area contributed by atoms with Crippen molar-refractivity contribution < 1.29 is 14.3 Å². The Morgan fingerprint density at radius 1 is 1.37 bits per heavy atom. The highest BCUT2D eigenvalue weighted by Gasteiger charge is 2.41. The molecule has 1 N–H and O–H groups in total. The molecule has 0 aliphatic carbocycles. The van der Waals surface area contributed by atoms with Crippen LogP contribution in [-0.4, -0.2) is 43.8 Å². The summed E-state index contributed by atoms with van der Waals surface area (Å²) in [6, 6.07) is 0.283. The van der Waals surface area contributed by atoms with E-state index in [1.165, 1.54) is 0 Å². The van der Waals surface area contributed by atoms with Gasteiger partial charge in [0.05, 0.1) is 5.60 Å². The van der Waals surface area contributed by atoms with Crippen molar-refractivity contribution in [3.8, 4) is 0 Å². The Labute approximate surface area is 116 Å². The summed E-state index contributed by atoms with van der Waals surface area (Å²) in [6.07, 6.45) is 4.32. The Bertz CT molecular complexity index is 294. The van der Waals surface area contributed by atoms with Gasteiger partial charge < -0.3 is 14.8 Å². The molecule has 0 aromatic rings. The molecule has 2 saturated heterocycles. The number of carbonyl (C=O) groups excluding carboxylic acids is 1. The molecule has 19 heavy (non-hydrogen) atoms. The van der Waals surface area contributed by atoms with E-state index in [9.17, 15) is 4.79 Å². The van der Waals surface area contributed by atoms with Crippen molar-refractivity contribution in [1.29, 1.82) is 0 Å². The zero-order valence-corrected chi connectivity index (χ0v) is 12.2. The van der Waals surface area contributed by atoms with Crippen molar-refractivity contribution in [2.45, 2.75) is 57.6 Å². The van der Waals surface area contributed by atoms with Crippen LogP contribution in [0.4, 0.5) is 0 Å². The molecule has 0 bridgehead atoms. The van der Waals surface area contributed by atoms with Gasteiger partial charge in [0.2, 0.25) is 0 Å². The van der Waals surface area contributed by atoms with E-state index < -0.39 is 0 Å². The normalized spacial score (nSPS) is 28.2. The number of carbonyl (C=O) groups is 1. The van der Waals surface area contributed by atoms with Crippen molar-refractivity contribution >= 4 is 5.78 Å². The van der Waals surface area contributed by atoms with Crippen LogP contribution in [-0.2, 0) is 14.3 Å². The fourth-order valence-corrected chi connectivity index (χ4v) is 3.28. The van der Waals surface area contributed by atoms with Crippen LogP contribution < -0.4 is 5.32 Å². The minimum absolute atomic E-state index is 0.0712. The van der Waals surface area contributed by atoms with Gasteiger partial charge in [-0.15, -0.1) is 0 Å². The summed E-state index contributed by atoms with van der Waals surface area (Å²) in [5, 5.41) is 3.31. The van der Waals surface area contributed by atoms with E-state index in [2.05, 4.69) is 19.2 Å². The second-order valence-corrected chi connectivity index (χ2v) is 5.96. The molecule has 4 nitrogen and oxygen atoms in total. The molecule has 2 aliphatic rings. The van der Waals surface area contributed by atoms with Crippen LogP contribution in [0.15, 0.2) is 0 Å². The standard InChI is InChI=1S/C15H27NO3/c1-3-16-12(2)10-14(17)13-4-7-19-15(11-13)5-8-18-9-6-15/h12-13,16H,3-11H2,1-2H3. The Balaban J connectivity index is 1.87. The SMILES string of the molecule is CCNC(C)CC(=O)C1CCOC2(CCOCC2)C1. The number of ketones is 1. The minimum Gasteiger partial charge on any atom is -0.381 e. The molecular weight excluding hydrogens is 242 g/mol. The van der Waals surface area contributed by atoms with Crippen LogP contribution in [0.25, 0.3) is 0 Å². The molecule has 2 aliphatic heterocycles. The monoisotopic (exact) mass is 269 g/mol. The van der Waals surface area contributed by atoms with Crippen molar-refractivity contribution in [2.24, 2.45) is 5.92 Å². The van der Waals surface area contributed by atoms with Gasteiger partial charge >= 0.3 is 0 Å². The molecule has 0 amide bonds. The van der Waals surface area contributed by atoms with Gasteiger partial charge in [-0.3, -0.25) is 4.79 Å². The van der Waals surface area contributed by atoms with Crippen LogP contribution in [0.2, 0.25) is 0 Å². The molecule has 2 heterocycles.